The number of rotatable bonds is 4. The van der Waals surface area contributed by atoms with Crippen molar-refractivity contribution in [1.29, 1.82) is 0 Å². The number of pyridine rings is 1. The third kappa shape index (κ3) is 3.61. The zero-order valence-corrected chi connectivity index (χ0v) is 11.6. The van der Waals surface area contributed by atoms with Gasteiger partial charge >= 0.3 is 0 Å². The molecule has 0 saturated heterocycles. The summed E-state index contributed by atoms with van der Waals surface area (Å²) in [6.07, 6.45) is 7.12. The Morgan fingerprint density at radius 2 is 2.05 bits per heavy atom. The lowest BCUT2D eigenvalue weighted by Crippen LogP contribution is -2.36. The molecule has 0 spiro atoms. The molecule has 1 unspecified atom stereocenters. The fourth-order valence-electron chi connectivity index (χ4n) is 2.35. The Kier molecular flexibility index (Phi) is 3.66. The minimum Gasteiger partial charge on any atom is -0.383 e. The number of aliphatic hydroxyl groups is 1. The van der Waals surface area contributed by atoms with E-state index >= 15 is 0 Å². The van der Waals surface area contributed by atoms with Crippen LogP contribution in [-0.4, -0.2) is 24.9 Å². The van der Waals surface area contributed by atoms with Crippen molar-refractivity contribution in [2.75, 3.05) is 0 Å². The summed E-state index contributed by atoms with van der Waals surface area (Å²) in [6.45, 7) is 6.69. The summed E-state index contributed by atoms with van der Waals surface area (Å²) in [7, 11) is 0. The highest BCUT2D eigenvalue weighted by Crippen LogP contribution is 2.35. The molecule has 0 amide bonds. The van der Waals surface area contributed by atoms with E-state index in [9.17, 15) is 5.11 Å². The van der Waals surface area contributed by atoms with Gasteiger partial charge in [-0.25, -0.2) is 9.67 Å². The number of aromatic nitrogens is 4. The molecule has 0 aliphatic rings. The van der Waals surface area contributed by atoms with Crippen molar-refractivity contribution in [2.24, 2.45) is 5.41 Å². The Hall–Kier alpha value is -1.75. The Morgan fingerprint density at radius 3 is 2.58 bits per heavy atom. The van der Waals surface area contributed by atoms with Crippen molar-refractivity contribution in [2.45, 2.75) is 39.3 Å². The van der Waals surface area contributed by atoms with Crippen LogP contribution >= 0.6 is 0 Å². The van der Waals surface area contributed by atoms with Crippen molar-refractivity contribution in [1.82, 2.24) is 19.7 Å². The van der Waals surface area contributed by atoms with E-state index in [1.165, 1.54) is 6.33 Å². The number of hydrogen-bond acceptors (Lipinski definition) is 4. The van der Waals surface area contributed by atoms with Crippen molar-refractivity contribution in [3.05, 3.63) is 42.7 Å². The van der Waals surface area contributed by atoms with Crippen LogP contribution in [0, 0.1) is 5.41 Å². The van der Waals surface area contributed by atoms with E-state index in [4.69, 9.17) is 0 Å². The van der Waals surface area contributed by atoms with Crippen LogP contribution in [-0.2, 0) is 12.1 Å². The minimum atomic E-state index is -1.000. The van der Waals surface area contributed by atoms with Gasteiger partial charge in [0.05, 0.1) is 6.54 Å². The van der Waals surface area contributed by atoms with Gasteiger partial charge in [0.15, 0.2) is 0 Å². The van der Waals surface area contributed by atoms with Gasteiger partial charge in [0, 0.05) is 18.0 Å². The average Bonchev–Trinajstić information content (AvgIpc) is 2.80. The van der Waals surface area contributed by atoms with Crippen LogP contribution in [0.4, 0.5) is 0 Å². The summed E-state index contributed by atoms with van der Waals surface area (Å²) in [5, 5.41) is 15.1. The molecule has 0 fully saturated rings. The van der Waals surface area contributed by atoms with E-state index in [1.807, 2.05) is 12.1 Å². The minimum absolute atomic E-state index is 0.00876. The normalized spacial score (nSPS) is 15.2. The number of hydrogen-bond donors (Lipinski definition) is 1. The SMILES string of the molecule is CC(C)(C)CC(O)(Cn1cncn1)c1cccnc1. The van der Waals surface area contributed by atoms with Crippen LogP contribution < -0.4 is 0 Å². The molecule has 1 atom stereocenters. The highest BCUT2D eigenvalue weighted by Gasteiger charge is 2.35. The smallest absolute Gasteiger partial charge is 0.137 e. The van der Waals surface area contributed by atoms with Gasteiger partial charge in [0.2, 0.25) is 0 Å². The van der Waals surface area contributed by atoms with Crippen molar-refractivity contribution in [3.63, 3.8) is 0 Å². The topological polar surface area (TPSA) is 63.8 Å². The molecule has 2 heterocycles. The van der Waals surface area contributed by atoms with Crippen molar-refractivity contribution in [3.8, 4) is 0 Å². The Labute approximate surface area is 113 Å². The highest BCUT2D eigenvalue weighted by atomic mass is 16.3. The largest absolute Gasteiger partial charge is 0.383 e. The van der Waals surface area contributed by atoms with E-state index in [2.05, 4.69) is 35.8 Å². The lowest BCUT2D eigenvalue weighted by atomic mass is 9.78. The van der Waals surface area contributed by atoms with Gasteiger partial charge in [-0.15, -0.1) is 0 Å². The first kappa shape index (κ1) is 13.7. The summed E-state index contributed by atoms with van der Waals surface area (Å²) in [5.41, 5.74) is -0.203. The van der Waals surface area contributed by atoms with Gasteiger partial charge in [-0.1, -0.05) is 26.8 Å². The summed E-state index contributed by atoms with van der Waals surface area (Å²) in [6, 6.07) is 3.74. The molecule has 102 valence electrons. The van der Waals surface area contributed by atoms with Crippen LogP contribution in [0.2, 0.25) is 0 Å². The summed E-state index contributed by atoms with van der Waals surface area (Å²) < 4.78 is 1.65. The zero-order valence-electron chi connectivity index (χ0n) is 11.6. The molecule has 0 radical (unpaired) electrons. The molecule has 2 rings (SSSR count). The van der Waals surface area contributed by atoms with Gasteiger partial charge in [0.1, 0.15) is 18.3 Å². The maximum atomic E-state index is 11.1. The maximum Gasteiger partial charge on any atom is 0.137 e. The first-order valence-electron chi connectivity index (χ1n) is 6.34. The lowest BCUT2D eigenvalue weighted by molar-refractivity contribution is -0.0218. The summed E-state index contributed by atoms with van der Waals surface area (Å²) in [5.74, 6) is 0. The molecular weight excluding hydrogens is 240 g/mol. The first-order chi connectivity index (χ1) is 8.89. The quantitative estimate of drug-likeness (QED) is 0.913. The average molecular weight is 260 g/mol. The molecule has 1 N–H and O–H groups in total. The van der Waals surface area contributed by atoms with Crippen LogP contribution in [0.3, 0.4) is 0 Å². The van der Waals surface area contributed by atoms with Crippen molar-refractivity contribution < 1.29 is 5.11 Å². The number of nitrogens with zero attached hydrogens (tertiary/aromatic N) is 4. The van der Waals surface area contributed by atoms with E-state index in [-0.39, 0.29) is 5.41 Å². The summed E-state index contributed by atoms with van der Waals surface area (Å²) in [4.78, 5) is 8.03. The second-order valence-corrected chi connectivity index (χ2v) is 6.10. The molecule has 2 aromatic heterocycles. The second-order valence-electron chi connectivity index (χ2n) is 6.10. The molecule has 2 aromatic rings. The molecule has 19 heavy (non-hydrogen) atoms. The third-order valence-electron chi connectivity index (χ3n) is 2.91. The summed E-state index contributed by atoms with van der Waals surface area (Å²) >= 11 is 0. The first-order valence-corrected chi connectivity index (χ1v) is 6.34. The molecular formula is C14H20N4O. The van der Waals surface area contributed by atoms with Crippen LogP contribution in [0.25, 0.3) is 0 Å². The van der Waals surface area contributed by atoms with Crippen LogP contribution in [0.1, 0.15) is 32.8 Å². The van der Waals surface area contributed by atoms with Gasteiger partial charge in [-0.2, -0.15) is 5.10 Å². The molecule has 0 saturated carbocycles. The van der Waals surface area contributed by atoms with Gasteiger partial charge in [0.25, 0.3) is 0 Å². The maximum absolute atomic E-state index is 11.1. The molecule has 0 bridgehead atoms. The predicted octanol–water partition coefficient (Wildman–Crippen LogP) is 2.00. The lowest BCUT2D eigenvalue weighted by Gasteiger charge is -2.34. The molecule has 0 aromatic carbocycles. The third-order valence-corrected chi connectivity index (χ3v) is 2.91. The van der Waals surface area contributed by atoms with Crippen LogP contribution in [0.15, 0.2) is 37.2 Å². The van der Waals surface area contributed by atoms with E-state index in [0.29, 0.717) is 13.0 Å². The fraction of sp³-hybridized carbons (Fsp3) is 0.500. The van der Waals surface area contributed by atoms with E-state index in [0.717, 1.165) is 5.56 Å². The Bertz CT molecular complexity index is 504. The van der Waals surface area contributed by atoms with E-state index in [1.54, 1.807) is 23.4 Å². The monoisotopic (exact) mass is 260 g/mol. The molecule has 5 nitrogen and oxygen atoms in total. The van der Waals surface area contributed by atoms with Gasteiger partial charge < -0.3 is 5.11 Å². The standard InChI is InChI=1S/C14H20N4O/c1-13(2,3)8-14(19,9-18-11-16-10-17-18)12-5-4-6-15-7-12/h4-7,10-11,19H,8-9H2,1-3H3. The second kappa shape index (κ2) is 5.09. The van der Waals surface area contributed by atoms with Gasteiger partial charge in [-0.3, -0.25) is 4.98 Å². The highest BCUT2D eigenvalue weighted by molar-refractivity contribution is 5.18. The fourth-order valence-corrected chi connectivity index (χ4v) is 2.35. The Morgan fingerprint density at radius 1 is 1.26 bits per heavy atom. The van der Waals surface area contributed by atoms with Gasteiger partial charge in [-0.05, 0) is 17.9 Å². The van der Waals surface area contributed by atoms with Crippen LogP contribution in [0.5, 0.6) is 0 Å². The molecule has 5 heteroatoms. The van der Waals surface area contributed by atoms with E-state index < -0.39 is 5.60 Å². The molecule has 0 aliphatic heterocycles. The molecule has 0 aliphatic carbocycles. The van der Waals surface area contributed by atoms with Crippen molar-refractivity contribution >= 4 is 0 Å². The Balaban J connectivity index is 2.32. The zero-order chi connectivity index (χ0) is 13.9. The predicted molar refractivity (Wildman–Crippen MR) is 72.2 cm³/mol.